The lowest BCUT2D eigenvalue weighted by molar-refractivity contribution is -0.149. The third kappa shape index (κ3) is 2.04. The van der Waals surface area contributed by atoms with Gasteiger partial charge < -0.3 is 14.8 Å². The van der Waals surface area contributed by atoms with E-state index in [4.69, 9.17) is 9.47 Å². The molecule has 4 atom stereocenters. The van der Waals surface area contributed by atoms with Gasteiger partial charge in [-0.3, -0.25) is 9.59 Å². The highest BCUT2D eigenvalue weighted by Gasteiger charge is 2.46. The highest BCUT2D eigenvalue weighted by molar-refractivity contribution is 5.74. The van der Waals surface area contributed by atoms with Gasteiger partial charge in [0.05, 0.1) is 13.0 Å². The van der Waals surface area contributed by atoms with Crippen LogP contribution in [0.15, 0.2) is 0 Å². The van der Waals surface area contributed by atoms with E-state index < -0.39 is 0 Å². The third-order valence-corrected chi connectivity index (χ3v) is 3.45. The van der Waals surface area contributed by atoms with Gasteiger partial charge in [-0.25, -0.2) is 0 Å². The number of fused-ring (bicyclic) bond motifs is 2. The zero-order chi connectivity index (χ0) is 11.7. The number of carbonyl (C=O) groups is 2. The molecule has 1 N–H and O–H groups in total. The molecule has 0 aromatic heterocycles. The number of hydrogen-bond donors (Lipinski definition) is 1. The number of hydrogen-bond acceptors (Lipinski definition) is 5. The summed E-state index contributed by atoms with van der Waals surface area (Å²) in [6.45, 7) is 1.42. The molecule has 16 heavy (non-hydrogen) atoms. The van der Waals surface area contributed by atoms with E-state index in [-0.39, 0.29) is 36.0 Å². The third-order valence-electron chi connectivity index (χ3n) is 3.45. The summed E-state index contributed by atoms with van der Waals surface area (Å²) in [5.41, 5.74) is 0. The molecule has 2 unspecified atom stereocenters. The Morgan fingerprint density at radius 1 is 1.25 bits per heavy atom. The maximum atomic E-state index is 11.5. The highest BCUT2D eigenvalue weighted by atomic mass is 16.5. The molecule has 90 valence electrons. The van der Waals surface area contributed by atoms with E-state index >= 15 is 0 Å². The largest absolute Gasteiger partial charge is 0.469 e. The SMILES string of the molecule is COC(=O)[C@H]1CC2NC1CC[C@H]2OC(C)=O. The number of rotatable bonds is 2. The molecule has 5 nitrogen and oxygen atoms in total. The first-order valence-corrected chi connectivity index (χ1v) is 5.63. The van der Waals surface area contributed by atoms with Crippen molar-refractivity contribution in [2.75, 3.05) is 7.11 Å². The molecular weight excluding hydrogens is 210 g/mol. The molecule has 2 fully saturated rings. The fourth-order valence-electron chi connectivity index (χ4n) is 2.75. The molecule has 2 bridgehead atoms. The van der Waals surface area contributed by atoms with E-state index in [1.165, 1.54) is 14.0 Å². The number of esters is 2. The monoisotopic (exact) mass is 227 g/mol. The minimum atomic E-state index is -0.258. The lowest BCUT2D eigenvalue weighted by atomic mass is 9.99. The predicted octanol–water partition coefficient (Wildman–Crippen LogP) is 0.232. The molecule has 2 rings (SSSR count). The Morgan fingerprint density at radius 3 is 2.62 bits per heavy atom. The van der Waals surface area contributed by atoms with Gasteiger partial charge in [0.25, 0.3) is 0 Å². The van der Waals surface area contributed by atoms with Crippen LogP contribution >= 0.6 is 0 Å². The minimum absolute atomic E-state index is 0.0874. The number of nitrogens with one attached hydrogen (secondary N) is 1. The second kappa shape index (κ2) is 4.41. The van der Waals surface area contributed by atoms with Gasteiger partial charge in [0.1, 0.15) is 6.10 Å². The zero-order valence-electron chi connectivity index (χ0n) is 9.56. The Kier molecular flexibility index (Phi) is 3.14. The Morgan fingerprint density at radius 2 is 2.00 bits per heavy atom. The van der Waals surface area contributed by atoms with Gasteiger partial charge >= 0.3 is 11.9 Å². The van der Waals surface area contributed by atoms with Crippen LogP contribution in [0.2, 0.25) is 0 Å². The summed E-state index contributed by atoms with van der Waals surface area (Å²) in [7, 11) is 1.41. The maximum Gasteiger partial charge on any atom is 0.310 e. The quantitative estimate of drug-likeness (QED) is 0.684. The van der Waals surface area contributed by atoms with Crippen molar-refractivity contribution in [1.29, 1.82) is 0 Å². The van der Waals surface area contributed by atoms with E-state index in [9.17, 15) is 9.59 Å². The molecule has 0 amide bonds. The normalized spacial score (nSPS) is 36.9. The van der Waals surface area contributed by atoms with Gasteiger partial charge in [-0.2, -0.15) is 0 Å². The second-order valence-electron chi connectivity index (χ2n) is 4.47. The molecule has 2 aliphatic heterocycles. The molecule has 2 saturated heterocycles. The summed E-state index contributed by atoms with van der Waals surface area (Å²) in [4.78, 5) is 22.4. The lowest BCUT2D eigenvalue weighted by Gasteiger charge is -2.29. The molecule has 2 aliphatic rings. The molecule has 2 heterocycles. The van der Waals surface area contributed by atoms with Gasteiger partial charge in [0.2, 0.25) is 0 Å². The van der Waals surface area contributed by atoms with Crippen LogP contribution in [-0.2, 0) is 19.1 Å². The maximum absolute atomic E-state index is 11.5. The van der Waals surface area contributed by atoms with Gasteiger partial charge in [0.15, 0.2) is 0 Å². The fourth-order valence-corrected chi connectivity index (χ4v) is 2.75. The number of ether oxygens (including phenoxy) is 2. The molecular formula is C11H17NO4. The van der Waals surface area contributed by atoms with Crippen molar-refractivity contribution in [2.24, 2.45) is 5.92 Å². The van der Waals surface area contributed by atoms with Crippen LogP contribution in [0.4, 0.5) is 0 Å². The molecule has 0 spiro atoms. The summed E-state index contributed by atoms with van der Waals surface area (Å²) >= 11 is 0. The number of carbonyl (C=O) groups excluding carboxylic acids is 2. The number of piperidine rings is 1. The van der Waals surface area contributed by atoms with Crippen molar-refractivity contribution in [3.05, 3.63) is 0 Å². The van der Waals surface area contributed by atoms with Gasteiger partial charge in [-0.1, -0.05) is 0 Å². The molecule has 0 aromatic rings. The standard InChI is InChI=1S/C11H17NO4/c1-6(13)16-10-4-3-8-7(11(14)15-2)5-9(10)12-8/h7-10,12H,3-5H2,1-2H3/t7-,8?,9?,10+/m0/s1. The Bertz CT molecular complexity index is 304. The zero-order valence-corrected chi connectivity index (χ0v) is 9.56. The van der Waals surface area contributed by atoms with E-state index in [0.29, 0.717) is 6.42 Å². The topological polar surface area (TPSA) is 64.6 Å². The molecule has 0 radical (unpaired) electrons. The van der Waals surface area contributed by atoms with Crippen LogP contribution in [0.3, 0.4) is 0 Å². The van der Waals surface area contributed by atoms with Crippen LogP contribution in [0, 0.1) is 5.92 Å². The lowest BCUT2D eigenvalue weighted by Crippen LogP contribution is -2.46. The van der Waals surface area contributed by atoms with Crippen LogP contribution in [-0.4, -0.2) is 37.2 Å². The van der Waals surface area contributed by atoms with E-state index in [2.05, 4.69) is 5.32 Å². The Labute approximate surface area is 94.5 Å². The van der Waals surface area contributed by atoms with E-state index in [1.54, 1.807) is 0 Å². The molecule has 0 aliphatic carbocycles. The van der Waals surface area contributed by atoms with Crippen molar-refractivity contribution in [1.82, 2.24) is 5.32 Å². The van der Waals surface area contributed by atoms with Crippen molar-refractivity contribution in [3.8, 4) is 0 Å². The van der Waals surface area contributed by atoms with E-state index in [0.717, 1.165) is 12.8 Å². The van der Waals surface area contributed by atoms with Gasteiger partial charge in [-0.05, 0) is 19.3 Å². The van der Waals surface area contributed by atoms with Crippen molar-refractivity contribution in [2.45, 2.75) is 44.4 Å². The van der Waals surface area contributed by atoms with Crippen LogP contribution in [0.5, 0.6) is 0 Å². The fraction of sp³-hybridized carbons (Fsp3) is 0.818. The minimum Gasteiger partial charge on any atom is -0.469 e. The van der Waals surface area contributed by atoms with Crippen molar-refractivity contribution in [3.63, 3.8) is 0 Å². The molecule has 0 aromatic carbocycles. The first-order valence-electron chi connectivity index (χ1n) is 5.63. The summed E-state index contributed by atoms with van der Waals surface area (Å²) in [5.74, 6) is -0.509. The van der Waals surface area contributed by atoms with Crippen LogP contribution < -0.4 is 5.32 Å². The smallest absolute Gasteiger partial charge is 0.310 e. The second-order valence-corrected chi connectivity index (χ2v) is 4.47. The molecule has 0 saturated carbocycles. The highest BCUT2D eigenvalue weighted by Crippen LogP contribution is 2.34. The summed E-state index contributed by atoms with van der Waals surface area (Å²) in [6, 6.07) is 0.288. The summed E-state index contributed by atoms with van der Waals surface area (Å²) in [5, 5.41) is 3.33. The predicted molar refractivity (Wildman–Crippen MR) is 55.6 cm³/mol. The van der Waals surface area contributed by atoms with Gasteiger partial charge in [-0.15, -0.1) is 0 Å². The summed E-state index contributed by atoms with van der Waals surface area (Å²) < 4.78 is 10.0. The summed E-state index contributed by atoms with van der Waals surface area (Å²) in [6.07, 6.45) is 2.29. The molecule has 5 heteroatoms. The van der Waals surface area contributed by atoms with Gasteiger partial charge in [0, 0.05) is 19.0 Å². The average molecular weight is 227 g/mol. The Balaban J connectivity index is 2.00. The van der Waals surface area contributed by atoms with E-state index in [1.807, 2.05) is 0 Å². The number of methoxy groups -OCH3 is 1. The van der Waals surface area contributed by atoms with Crippen molar-refractivity contribution < 1.29 is 19.1 Å². The Hall–Kier alpha value is -1.10. The first kappa shape index (κ1) is 11.4. The first-order chi connectivity index (χ1) is 7.61. The van der Waals surface area contributed by atoms with Crippen LogP contribution in [0.1, 0.15) is 26.2 Å². The van der Waals surface area contributed by atoms with Crippen molar-refractivity contribution >= 4 is 11.9 Å². The average Bonchev–Trinajstić information content (AvgIpc) is 2.60. The van der Waals surface area contributed by atoms with Crippen LogP contribution in [0.25, 0.3) is 0 Å².